The molecule has 0 radical (unpaired) electrons. The van der Waals surface area contributed by atoms with Crippen LogP contribution >= 0.6 is 0 Å². The van der Waals surface area contributed by atoms with Crippen molar-refractivity contribution in [3.8, 4) is 0 Å². The Morgan fingerprint density at radius 1 is 1.26 bits per heavy atom. The van der Waals surface area contributed by atoms with E-state index in [1.165, 1.54) is 0 Å². The Balaban J connectivity index is 1.45. The van der Waals surface area contributed by atoms with Crippen molar-refractivity contribution in [2.75, 3.05) is 32.8 Å². The Hall–Kier alpha value is -2.52. The number of aromatic nitrogens is 3. The van der Waals surface area contributed by atoms with E-state index in [4.69, 9.17) is 9.84 Å². The molecule has 3 aliphatic heterocycles. The Kier molecular flexibility index (Phi) is 4.84. The third kappa shape index (κ3) is 2.99. The van der Waals surface area contributed by atoms with Crippen molar-refractivity contribution in [1.82, 2.24) is 19.4 Å². The lowest BCUT2D eigenvalue weighted by Gasteiger charge is -2.46. The predicted molar refractivity (Wildman–Crippen MR) is 122 cm³/mol. The molecule has 0 spiro atoms. The smallest absolute Gasteiger partial charge is 0.313 e. The summed E-state index contributed by atoms with van der Waals surface area (Å²) in [5.41, 5.74) is 1.77. The van der Waals surface area contributed by atoms with Crippen LogP contribution in [0.4, 0.5) is 0 Å². The molecule has 1 saturated carbocycles. The molecule has 5 heterocycles. The number of ether oxygens (including phenoxy) is 1. The number of hydrogen-bond donors (Lipinski definition) is 1. The van der Waals surface area contributed by atoms with Gasteiger partial charge in [0.25, 0.3) is 5.91 Å². The molecule has 2 saturated heterocycles. The summed E-state index contributed by atoms with van der Waals surface area (Å²) in [5.74, 6) is 0.366. The van der Waals surface area contributed by atoms with E-state index < -0.39 is 11.3 Å². The van der Waals surface area contributed by atoms with Gasteiger partial charge in [-0.15, -0.1) is 0 Å². The Bertz CT molecular complexity index is 1180. The van der Waals surface area contributed by atoms with E-state index in [-0.39, 0.29) is 17.7 Å². The fourth-order valence-corrected chi connectivity index (χ4v) is 6.25. The van der Waals surface area contributed by atoms with Crippen LogP contribution in [-0.4, -0.2) is 74.8 Å². The molecular weight excluding hydrogens is 434 g/mol. The van der Waals surface area contributed by atoms with Crippen molar-refractivity contribution in [3.05, 3.63) is 29.2 Å². The van der Waals surface area contributed by atoms with Gasteiger partial charge >= 0.3 is 11.6 Å². The number of imidazole rings is 1. The van der Waals surface area contributed by atoms with Crippen LogP contribution in [0.15, 0.2) is 12.3 Å². The van der Waals surface area contributed by atoms with Crippen LogP contribution in [0.2, 0.25) is 0 Å². The molecule has 182 valence electrons. The molecule has 9 nitrogen and oxygen atoms in total. The van der Waals surface area contributed by atoms with Gasteiger partial charge in [0, 0.05) is 44.7 Å². The van der Waals surface area contributed by atoms with Crippen LogP contribution in [0, 0.1) is 0 Å². The summed E-state index contributed by atoms with van der Waals surface area (Å²) in [5, 5.41) is 15.7. The summed E-state index contributed by atoms with van der Waals surface area (Å²) < 4.78 is 9.53. The minimum Gasteiger partial charge on any atom is -0.381 e. The second-order valence-electron chi connectivity index (χ2n) is 11.0. The molecular formula is C25H34N5O4+. The SMILES string of the molecule is CC(C)c1cc(C2CCOCC2)nn2cc3[n+](c12)C1(C)CN(C(=O)C2(O)CCC2)CCN1C3=O. The molecule has 2 amide bonds. The zero-order valence-electron chi connectivity index (χ0n) is 20.3. The fraction of sp³-hybridized carbons (Fsp3) is 0.680. The first-order valence-electron chi connectivity index (χ1n) is 12.6. The quantitative estimate of drug-likeness (QED) is 0.690. The summed E-state index contributed by atoms with van der Waals surface area (Å²) in [6.45, 7) is 9.13. The number of carbonyl (C=O) groups is 2. The molecule has 1 unspecified atom stereocenters. The van der Waals surface area contributed by atoms with Crippen molar-refractivity contribution >= 4 is 17.5 Å². The number of nitrogens with zero attached hydrogens (tertiary/aromatic N) is 5. The van der Waals surface area contributed by atoms with Gasteiger partial charge in [-0.05, 0) is 44.1 Å². The van der Waals surface area contributed by atoms with Crippen molar-refractivity contribution in [1.29, 1.82) is 0 Å². The van der Waals surface area contributed by atoms with Gasteiger partial charge in [0.05, 0.1) is 12.2 Å². The Morgan fingerprint density at radius 2 is 2.00 bits per heavy atom. The van der Waals surface area contributed by atoms with E-state index in [0.717, 1.165) is 49.4 Å². The summed E-state index contributed by atoms with van der Waals surface area (Å²) in [6.07, 6.45) is 5.68. The van der Waals surface area contributed by atoms with E-state index in [1.807, 2.05) is 22.5 Å². The molecule has 1 N–H and O–H groups in total. The van der Waals surface area contributed by atoms with Gasteiger partial charge in [0.15, 0.2) is 6.20 Å². The highest BCUT2D eigenvalue weighted by Crippen LogP contribution is 2.38. The summed E-state index contributed by atoms with van der Waals surface area (Å²) in [4.78, 5) is 30.3. The van der Waals surface area contributed by atoms with E-state index >= 15 is 0 Å². The topological polar surface area (TPSA) is 91.3 Å². The van der Waals surface area contributed by atoms with Crippen LogP contribution in [0.5, 0.6) is 0 Å². The highest BCUT2D eigenvalue weighted by atomic mass is 16.5. The number of fused-ring (bicyclic) bond motifs is 5. The third-order valence-corrected chi connectivity index (χ3v) is 8.44. The third-order valence-electron chi connectivity index (χ3n) is 8.44. The van der Waals surface area contributed by atoms with E-state index in [9.17, 15) is 14.7 Å². The largest absolute Gasteiger partial charge is 0.381 e. The first-order valence-corrected chi connectivity index (χ1v) is 12.6. The van der Waals surface area contributed by atoms with Crippen molar-refractivity contribution in [3.63, 3.8) is 0 Å². The summed E-state index contributed by atoms with van der Waals surface area (Å²) >= 11 is 0. The molecule has 1 aliphatic carbocycles. The van der Waals surface area contributed by atoms with Crippen LogP contribution in [0.25, 0.3) is 5.65 Å². The second kappa shape index (κ2) is 7.49. The van der Waals surface area contributed by atoms with Crippen LogP contribution in [-0.2, 0) is 15.2 Å². The number of rotatable bonds is 3. The standard InChI is InChI=1S/C25H34N5O4/c1-16(2)18-13-19(17-5-11-34-12-6-17)26-29-14-20-22(31)28-10-9-27(23(32)25(33)7-4-8-25)15-24(28,3)30(20)21(18)29/h13-14,16-17,33H,4-12,15H2,1-3H3/q+1. The lowest BCUT2D eigenvalue weighted by molar-refractivity contribution is -0.749. The number of carbonyl (C=O) groups excluding carboxylic acids is 2. The molecule has 4 aliphatic rings. The van der Waals surface area contributed by atoms with Gasteiger partial charge in [-0.1, -0.05) is 23.5 Å². The van der Waals surface area contributed by atoms with Gasteiger partial charge in [0.2, 0.25) is 11.4 Å². The molecule has 9 heteroatoms. The Labute approximate surface area is 199 Å². The van der Waals surface area contributed by atoms with E-state index in [2.05, 4.69) is 24.5 Å². The lowest BCUT2D eigenvalue weighted by Crippen LogP contribution is -2.71. The maximum atomic E-state index is 13.5. The van der Waals surface area contributed by atoms with Crippen LogP contribution in [0.3, 0.4) is 0 Å². The average Bonchev–Trinajstić information content (AvgIpc) is 3.30. The van der Waals surface area contributed by atoms with Gasteiger partial charge < -0.3 is 14.7 Å². The number of hydrogen-bond acceptors (Lipinski definition) is 5. The first-order chi connectivity index (χ1) is 16.2. The monoisotopic (exact) mass is 468 g/mol. The molecule has 2 aromatic rings. The van der Waals surface area contributed by atoms with Crippen LogP contribution < -0.4 is 4.57 Å². The van der Waals surface area contributed by atoms with Crippen molar-refractivity contribution in [2.45, 2.75) is 76.0 Å². The predicted octanol–water partition coefficient (Wildman–Crippen LogP) is 1.52. The minimum atomic E-state index is -1.24. The number of piperazine rings is 1. The minimum absolute atomic E-state index is 0.0234. The number of aliphatic hydroxyl groups is 1. The lowest BCUT2D eigenvalue weighted by atomic mass is 9.79. The normalized spacial score (nSPS) is 26.7. The van der Waals surface area contributed by atoms with Gasteiger partial charge in [-0.25, -0.2) is 0 Å². The summed E-state index contributed by atoms with van der Waals surface area (Å²) in [6, 6.07) is 2.21. The summed E-state index contributed by atoms with van der Waals surface area (Å²) in [7, 11) is 0. The molecule has 2 aromatic heterocycles. The van der Waals surface area contributed by atoms with Gasteiger partial charge in [-0.3, -0.25) is 14.5 Å². The molecule has 0 aromatic carbocycles. The molecule has 0 bridgehead atoms. The van der Waals surface area contributed by atoms with Crippen molar-refractivity contribution in [2.24, 2.45) is 0 Å². The molecule has 6 rings (SSSR count). The van der Waals surface area contributed by atoms with Gasteiger partial charge in [-0.2, -0.15) is 4.57 Å². The van der Waals surface area contributed by atoms with Crippen LogP contribution in [0.1, 0.15) is 86.5 Å². The second-order valence-corrected chi connectivity index (χ2v) is 11.0. The average molecular weight is 469 g/mol. The van der Waals surface area contributed by atoms with Crippen molar-refractivity contribution < 1.29 is 24.0 Å². The highest BCUT2D eigenvalue weighted by molar-refractivity contribution is 5.93. The molecule has 1 atom stereocenters. The van der Waals surface area contributed by atoms with E-state index in [0.29, 0.717) is 44.1 Å². The number of amides is 2. The van der Waals surface area contributed by atoms with E-state index in [1.54, 1.807) is 4.90 Å². The highest BCUT2D eigenvalue weighted by Gasteiger charge is 2.58. The molecule has 3 fully saturated rings. The molecule has 34 heavy (non-hydrogen) atoms. The first kappa shape index (κ1) is 22.0. The van der Waals surface area contributed by atoms with Gasteiger partial charge in [0.1, 0.15) is 5.60 Å². The zero-order valence-corrected chi connectivity index (χ0v) is 20.3. The maximum Gasteiger partial charge on any atom is 0.313 e. The zero-order chi connectivity index (χ0) is 23.8. The fourth-order valence-electron chi connectivity index (χ4n) is 6.25. The maximum absolute atomic E-state index is 13.5. The Morgan fingerprint density at radius 3 is 2.65 bits per heavy atom.